The molecule has 1 radical (unpaired) electrons. The Kier molecular flexibility index (Phi) is 6.03. The van der Waals surface area contributed by atoms with Crippen molar-refractivity contribution >= 4 is 18.3 Å². The van der Waals surface area contributed by atoms with Crippen LogP contribution in [0.3, 0.4) is 0 Å². The van der Waals surface area contributed by atoms with Gasteiger partial charge in [0.25, 0.3) is 0 Å². The topological polar surface area (TPSA) is 0 Å². The Morgan fingerprint density at radius 1 is 0.957 bits per heavy atom. The maximum atomic E-state index is 2.55. The zero-order valence-electron chi connectivity index (χ0n) is 15.1. The van der Waals surface area contributed by atoms with Gasteiger partial charge in [-0.15, -0.1) is 0 Å². The van der Waals surface area contributed by atoms with E-state index in [0.717, 1.165) is 17.8 Å². The Morgan fingerprint density at radius 3 is 2.26 bits per heavy atom. The fraction of sp³-hybridized carbons (Fsp3) is 0.636. The van der Waals surface area contributed by atoms with E-state index < -0.39 is 0 Å². The SMILES string of the molecule is C[B]c1ccc(C2=CCC(C3CCC(CCC)CC3)CC2)cc1. The molecule has 0 nitrogen and oxygen atoms in total. The number of rotatable bonds is 5. The van der Waals surface area contributed by atoms with Gasteiger partial charge in [0.2, 0.25) is 0 Å². The molecule has 0 aromatic heterocycles. The van der Waals surface area contributed by atoms with Crippen LogP contribution >= 0.6 is 0 Å². The minimum Gasteiger partial charge on any atom is -0.0881 e. The van der Waals surface area contributed by atoms with E-state index in [2.05, 4.69) is 51.4 Å². The zero-order valence-corrected chi connectivity index (χ0v) is 15.1. The van der Waals surface area contributed by atoms with Crippen molar-refractivity contribution < 1.29 is 0 Å². The van der Waals surface area contributed by atoms with Crippen molar-refractivity contribution in [3.8, 4) is 0 Å². The van der Waals surface area contributed by atoms with Gasteiger partial charge in [0.05, 0.1) is 0 Å². The number of benzene rings is 1. The third kappa shape index (κ3) is 4.31. The van der Waals surface area contributed by atoms with Crippen LogP contribution in [0.15, 0.2) is 30.3 Å². The van der Waals surface area contributed by atoms with Crippen LogP contribution in [0.4, 0.5) is 0 Å². The van der Waals surface area contributed by atoms with E-state index in [1.165, 1.54) is 68.8 Å². The molecule has 0 heterocycles. The fourth-order valence-corrected chi connectivity index (χ4v) is 4.79. The summed E-state index contributed by atoms with van der Waals surface area (Å²) in [6.45, 7) is 4.44. The van der Waals surface area contributed by atoms with Crippen LogP contribution in [-0.4, -0.2) is 7.28 Å². The highest BCUT2D eigenvalue weighted by atomic mass is 14.3. The third-order valence-electron chi connectivity index (χ3n) is 6.32. The lowest BCUT2D eigenvalue weighted by atomic mass is 9.70. The summed E-state index contributed by atoms with van der Waals surface area (Å²) >= 11 is 0. The van der Waals surface area contributed by atoms with Crippen LogP contribution < -0.4 is 5.46 Å². The first-order valence-electron chi connectivity index (χ1n) is 9.89. The molecule has 3 rings (SSSR count). The van der Waals surface area contributed by atoms with Gasteiger partial charge < -0.3 is 0 Å². The molecule has 1 aromatic carbocycles. The van der Waals surface area contributed by atoms with Crippen LogP contribution in [0.1, 0.15) is 70.3 Å². The standard InChI is InChI=1S/C22H32B/c1-3-4-17-5-7-18(8-6-17)19-9-11-20(12-10-19)21-13-15-22(23-2)16-14-21/h11,13-19H,3-10,12H2,1-2H3. The molecular weight excluding hydrogens is 275 g/mol. The predicted octanol–water partition coefficient (Wildman–Crippen LogP) is 5.85. The molecule has 0 saturated heterocycles. The Balaban J connectivity index is 1.54. The van der Waals surface area contributed by atoms with Crippen molar-refractivity contribution in [3.63, 3.8) is 0 Å². The van der Waals surface area contributed by atoms with E-state index >= 15 is 0 Å². The fourth-order valence-electron chi connectivity index (χ4n) is 4.79. The molecule has 2 aliphatic carbocycles. The molecule has 1 aromatic rings. The van der Waals surface area contributed by atoms with Crippen molar-refractivity contribution in [1.82, 2.24) is 0 Å². The summed E-state index contributed by atoms with van der Waals surface area (Å²) < 4.78 is 0. The minimum atomic E-state index is 0.963. The Labute approximate surface area is 144 Å². The van der Waals surface area contributed by atoms with Crippen molar-refractivity contribution in [2.24, 2.45) is 17.8 Å². The Hall–Kier alpha value is -0.975. The third-order valence-corrected chi connectivity index (χ3v) is 6.32. The molecule has 1 saturated carbocycles. The summed E-state index contributed by atoms with van der Waals surface area (Å²) in [5.74, 6) is 3.02. The average molecular weight is 307 g/mol. The van der Waals surface area contributed by atoms with Crippen LogP contribution in [0.25, 0.3) is 5.57 Å². The summed E-state index contributed by atoms with van der Waals surface area (Å²) in [6, 6.07) is 9.10. The van der Waals surface area contributed by atoms with Gasteiger partial charge in [0.1, 0.15) is 7.28 Å². The van der Waals surface area contributed by atoms with Crippen molar-refractivity contribution in [3.05, 3.63) is 35.9 Å². The smallest absolute Gasteiger partial charge is 0.0881 e. The van der Waals surface area contributed by atoms with E-state index in [9.17, 15) is 0 Å². The van der Waals surface area contributed by atoms with Crippen molar-refractivity contribution in [1.29, 1.82) is 0 Å². The first kappa shape index (κ1) is 16.9. The highest BCUT2D eigenvalue weighted by molar-refractivity contribution is 6.51. The minimum absolute atomic E-state index is 0.963. The van der Waals surface area contributed by atoms with E-state index in [4.69, 9.17) is 0 Å². The van der Waals surface area contributed by atoms with Gasteiger partial charge in [0.15, 0.2) is 0 Å². The molecule has 0 amide bonds. The molecule has 23 heavy (non-hydrogen) atoms. The molecule has 0 spiro atoms. The largest absolute Gasteiger partial charge is 0.148 e. The monoisotopic (exact) mass is 307 g/mol. The maximum absolute atomic E-state index is 2.55. The second-order valence-corrected chi connectivity index (χ2v) is 7.74. The lowest BCUT2D eigenvalue weighted by Gasteiger charge is -2.35. The molecule has 2 aliphatic rings. The van der Waals surface area contributed by atoms with E-state index in [0.29, 0.717) is 0 Å². The van der Waals surface area contributed by atoms with E-state index in [1.807, 2.05) is 0 Å². The molecule has 0 N–H and O–H groups in total. The summed E-state index contributed by atoms with van der Waals surface area (Å²) in [6.07, 6.45) is 15.4. The van der Waals surface area contributed by atoms with Crippen LogP contribution in [0.5, 0.6) is 0 Å². The predicted molar refractivity (Wildman–Crippen MR) is 103 cm³/mol. The normalized spacial score (nSPS) is 28.3. The molecule has 0 bridgehead atoms. The number of allylic oxidation sites excluding steroid dienone is 2. The molecule has 1 atom stereocenters. The zero-order chi connectivity index (χ0) is 16.1. The summed E-state index contributed by atoms with van der Waals surface area (Å²) in [5.41, 5.74) is 4.36. The molecule has 1 unspecified atom stereocenters. The molecule has 1 fully saturated rings. The van der Waals surface area contributed by atoms with Crippen molar-refractivity contribution in [2.45, 2.75) is 71.5 Å². The van der Waals surface area contributed by atoms with Gasteiger partial charge in [-0.1, -0.05) is 75.2 Å². The second kappa shape index (κ2) is 8.22. The average Bonchev–Trinajstić information content (AvgIpc) is 2.63. The van der Waals surface area contributed by atoms with Gasteiger partial charge in [0, 0.05) is 0 Å². The lowest BCUT2D eigenvalue weighted by Crippen LogP contribution is -2.23. The molecule has 123 valence electrons. The first-order valence-corrected chi connectivity index (χ1v) is 9.89. The maximum Gasteiger partial charge on any atom is 0.148 e. The number of hydrogen-bond acceptors (Lipinski definition) is 0. The Bertz CT molecular complexity index is 505. The van der Waals surface area contributed by atoms with Gasteiger partial charge >= 0.3 is 0 Å². The lowest BCUT2D eigenvalue weighted by molar-refractivity contribution is 0.189. The van der Waals surface area contributed by atoms with Crippen molar-refractivity contribution in [2.75, 3.05) is 0 Å². The van der Waals surface area contributed by atoms with Crippen LogP contribution in [0, 0.1) is 17.8 Å². The molecule has 0 aliphatic heterocycles. The van der Waals surface area contributed by atoms with E-state index in [-0.39, 0.29) is 0 Å². The second-order valence-electron chi connectivity index (χ2n) is 7.74. The Morgan fingerprint density at radius 2 is 1.70 bits per heavy atom. The molecular formula is C22H32B. The molecule has 1 heteroatoms. The van der Waals surface area contributed by atoms with Gasteiger partial charge in [-0.2, -0.15) is 0 Å². The van der Waals surface area contributed by atoms with Gasteiger partial charge in [-0.25, -0.2) is 0 Å². The van der Waals surface area contributed by atoms with Gasteiger partial charge in [-0.05, 0) is 61.0 Å². The summed E-state index contributed by atoms with van der Waals surface area (Å²) in [4.78, 5) is 0. The number of hydrogen-bond donors (Lipinski definition) is 0. The van der Waals surface area contributed by atoms with Crippen LogP contribution in [0.2, 0.25) is 6.82 Å². The van der Waals surface area contributed by atoms with Gasteiger partial charge in [-0.3, -0.25) is 0 Å². The highest BCUT2D eigenvalue weighted by Gasteiger charge is 2.28. The first-order chi connectivity index (χ1) is 11.3. The summed E-state index contributed by atoms with van der Waals surface area (Å²) in [7, 11) is 2.17. The highest BCUT2D eigenvalue weighted by Crippen LogP contribution is 2.41. The quantitative estimate of drug-likeness (QED) is 0.598. The van der Waals surface area contributed by atoms with E-state index in [1.54, 1.807) is 5.57 Å². The van der Waals surface area contributed by atoms with Crippen LogP contribution in [-0.2, 0) is 0 Å². The summed E-state index contributed by atoms with van der Waals surface area (Å²) in [5, 5.41) is 0.